The maximum absolute atomic E-state index is 12.2. The molecule has 0 aliphatic heterocycles. The number of hydrogen-bond acceptors (Lipinski definition) is 2. The number of carbonyl (C=O) groups excluding carboxylic acids is 1. The number of carbonyl (C=O) groups is 1. The van der Waals surface area contributed by atoms with E-state index in [9.17, 15) is 4.79 Å². The molecule has 2 fully saturated rings. The highest BCUT2D eigenvalue weighted by Crippen LogP contribution is 2.54. The fourth-order valence-corrected chi connectivity index (χ4v) is 3.33. The van der Waals surface area contributed by atoms with E-state index in [1.165, 1.54) is 6.42 Å². The molecule has 2 aliphatic rings. The molecule has 2 saturated carbocycles. The highest BCUT2D eigenvalue weighted by Gasteiger charge is 2.47. The molecular formula is C16H17N3O. The van der Waals surface area contributed by atoms with Gasteiger partial charge < -0.3 is 9.88 Å². The molecular weight excluding hydrogens is 250 g/mol. The van der Waals surface area contributed by atoms with Gasteiger partial charge in [0.05, 0.1) is 6.33 Å². The van der Waals surface area contributed by atoms with Crippen molar-refractivity contribution in [3.8, 4) is 5.69 Å². The van der Waals surface area contributed by atoms with Crippen LogP contribution in [0.3, 0.4) is 0 Å². The van der Waals surface area contributed by atoms with Gasteiger partial charge in [0.15, 0.2) is 0 Å². The first-order valence-corrected chi connectivity index (χ1v) is 7.19. The lowest BCUT2D eigenvalue weighted by molar-refractivity contribution is -0.120. The molecule has 20 heavy (non-hydrogen) atoms. The Hall–Kier alpha value is -2.10. The lowest BCUT2D eigenvalue weighted by atomic mass is 10.0. The first-order valence-electron chi connectivity index (χ1n) is 7.19. The second kappa shape index (κ2) is 4.47. The quantitative estimate of drug-likeness (QED) is 0.929. The number of amides is 1. The molecule has 1 aromatic carbocycles. The molecule has 0 saturated heterocycles. The van der Waals surface area contributed by atoms with Crippen LogP contribution in [-0.2, 0) is 4.79 Å². The van der Waals surface area contributed by atoms with Crippen molar-refractivity contribution in [1.29, 1.82) is 0 Å². The first kappa shape index (κ1) is 11.7. The van der Waals surface area contributed by atoms with Crippen molar-refractivity contribution in [3.63, 3.8) is 0 Å². The number of benzene rings is 1. The van der Waals surface area contributed by atoms with Crippen LogP contribution in [0.25, 0.3) is 5.69 Å². The first-order chi connectivity index (χ1) is 9.79. The van der Waals surface area contributed by atoms with Gasteiger partial charge in [0.2, 0.25) is 5.91 Å². The van der Waals surface area contributed by atoms with E-state index in [0.29, 0.717) is 0 Å². The normalized spacial score (nSPS) is 27.1. The fourth-order valence-electron chi connectivity index (χ4n) is 3.33. The predicted molar refractivity (Wildman–Crippen MR) is 76.5 cm³/mol. The summed E-state index contributed by atoms with van der Waals surface area (Å²) < 4.78 is 1.93. The number of rotatable bonds is 3. The van der Waals surface area contributed by atoms with Gasteiger partial charge in [-0.1, -0.05) is 6.07 Å². The fraction of sp³-hybridized carbons (Fsp3) is 0.375. The van der Waals surface area contributed by atoms with Gasteiger partial charge in [0.1, 0.15) is 0 Å². The molecule has 1 amide bonds. The van der Waals surface area contributed by atoms with Gasteiger partial charge in [-0.2, -0.15) is 0 Å². The Labute approximate surface area is 117 Å². The van der Waals surface area contributed by atoms with Crippen LogP contribution in [0.2, 0.25) is 0 Å². The third-order valence-corrected chi connectivity index (χ3v) is 4.53. The SMILES string of the molecule is O=C(Nc1cccc(-n2ccnc2)c1)C1CC2CC2C1. The van der Waals surface area contributed by atoms with E-state index < -0.39 is 0 Å². The van der Waals surface area contributed by atoms with Crippen molar-refractivity contribution < 1.29 is 4.79 Å². The Kier molecular flexibility index (Phi) is 2.62. The van der Waals surface area contributed by atoms with E-state index in [2.05, 4.69) is 10.3 Å². The number of anilines is 1. The minimum atomic E-state index is 0.181. The summed E-state index contributed by atoms with van der Waals surface area (Å²) >= 11 is 0. The minimum absolute atomic E-state index is 0.181. The van der Waals surface area contributed by atoms with Crippen LogP contribution in [0.4, 0.5) is 5.69 Å². The summed E-state index contributed by atoms with van der Waals surface area (Å²) in [6.07, 6.45) is 8.90. The lowest BCUT2D eigenvalue weighted by Crippen LogP contribution is -2.21. The Morgan fingerprint density at radius 2 is 2.10 bits per heavy atom. The Balaban J connectivity index is 1.48. The average Bonchev–Trinajstić information content (AvgIpc) is 2.91. The van der Waals surface area contributed by atoms with Crippen molar-refractivity contribution in [2.75, 3.05) is 5.32 Å². The Morgan fingerprint density at radius 1 is 1.25 bits per heavy atom. The zero-order valence-electron chi connectivity index (χ0n) is 11.2. The lowest BCUT2D eigenvalue weighted by Gasteiger charge is -2.13. The van der Waals surface area contributed by atoms with Gasteiger partial charge in [0, 0.05) is 29.7 Å². The number of nitrogens with one attached hydrogen (secondary N) is 1. The monoisotopic (exact) mass is 267 g/mol. The Bertz CT molecular complexity index is 625. The molecule has 1 aromatic heterocycles. The summed E-state index contributed by atoms with van der Waals surface area (Å²) in [4.78, 5) is 16.3. The zero-order valence-corrected chi connectivity index (χ0v) is 11.2. The molecule has 1 N–H and O–H groups in total. The standard InChI is InChI=1S/C16H17N3O/c20-16(13-7-11-6-12(11)8-13)18-14-2-1-3-15(9-14)19-5-4-17-10-19/h1-5,9-13H,6-8H2,(H,18,20). The van der Waals surface area contributed by atoms with E-state index in [1.54, 1.807) is 12.5 Å². The van der Waals surface area contributed by atoms with Crippen LogP contribution in [0, 0.1) is 17.8 Å². The average molecular weight is 267 g/mol. The molecule has 2 atom stereocenters. The van der Waals surface area contributed by atoms with Crippen molar-refractivity contribution in [2.24, 2.45) is 17.8 Å². The summed E-state index contributed by atoms with van der Waals surface area (Å²) in [5.74, 6) is 2.07. The van der Waals surface area contributed by atoms with E-state index in [4.69, 9.17) is 0 Å². The summed E-state index contributed by atoms with van der Waals surface area (Å²) in [5, 5.41) is 3.05. The minimum Gasteiger partial charge on any atom is -0.326 e. The largest absolute Gasteiger partial charge is 0.326 e. The molecule has 1 heterocycles. The van der Waals surface area contributed by atoms with E-state index in [-0.39, 0.29) is 11.8 Å². The molecule has 4 heteroatoms. The number of fused-ring (bicyclic) bond motifs is 1. The number of nitrogens with zero attached hydrogens (tertiary/aromatic N) is 2. The molecule has 2 unspecified atom stereocenters. The number of aromatic nitrogens is 2. The van der Waals surface area contributed by atoms with Gasteiger partial charge in [-0.3, -0.25) is 4.79 Å². The van der Waals surface area contributed by atoms with E-state index in [0.717, 1.165) is 36.1 Å². The zero-order chi connectivity index (χ0) is 13.5. The second-order valence-corrected chi connectivity index (χ2v) is 5.93. The van der Waals surface area contributed by atoms with Crippen molar-refractivity contribution in [2.45, 2.75) is 19.3 Å². The molecule has 4 rings (SSSR count). The topological polar surface area (TPSA) is 46.9 Å². The molecule has 2 aromatic rings. The molecule has 0 bridgehead atoms. The molecule has 0 spiro atoms. The van der Waals surface area contributed by atoms with Gasteiger partial charge in [-0.05, 0) is 49.3 Å². The molecule has 0 radical (unpaired) electrons. The van der Waals surface area contributed by atoms with Crippen molar-refractivity contribution >= 4 is 11.6 Å². The van der Waals surface area contributed by atoms with Crippen LogP contribution in [0.1, 0.15) is 19.3 Å². The third-order valence-electron chi connectivity index (χ3n) is 4.53. The predicted octanol–water partition coefficient (Wildman–Crippen LogP) is 2.86. The molecule has 2 aliphatic carbocycles. The van der Waals surface area contributed by atoms with Crippen molar-refractivity contribution in [1.82, 2.24) is 9.55 Å². The van der Waals surface area contributed by atoms with E-state index >= 15 is 0 Å². The van der Waals surface area contributed by atoms with Crippen LogP contribution in [-0.4, -0.2) is 15.5 Å². The maximum atomic E-state index is 12.2. The summed E-state index contributed by atoms with van der Waals surface area (Å²) in [6, 6.07) is 7.88. The number of imidazole rings is 1. The number of hydrogen-bond donors (Lipinski definition) is 1. The second-order valence-electron chi connectivity index (χ2n) is 5.93. The van der Waals surface area contributed by atoms with E-state index in [1.807, 2.05) is 35.0 Å². The highest BCUT2D eigenvalue weighted by atomic mass is 16.1. The Morgan fingerprint density at radius 3 is 2.85 bits per heavy atom. The van der Waals surface area contributed by atoms with Crippen LogP contribution < -0.4 is 5.32 Å². The van der Waals surface area contributed by atoms with Crippen LogP contribution >= 0.6 is 0 Å². The third kappa shape index (κ3) is 2.11. The van der Waals surface area contributed by atoms with Gasteiger partial charge >= 0.3 is 0 Å². The summed E-state index contributed by atoms with van der Waals surface area (Å²) in [5.41, 5.74) is 1.87. The summed E-state index contributed by atoms with van der Waals surface area (Å²) in [7, 11) is 0. The van der Waals surface area contributed by atoms with Gasteiger partial charge in [-0.15, -0.1) is 0 Å². The van der Waals surface area contributed by atoms with Crippen LogP contribution in [0.15, 0.2) is 43.0 Å². The van der Waals surface area contributed by atoms with Gasteiger partial charge in [0.25, 0.3) is 0 Å². The maximum Gasteiger partial charge on any atom is 0.227 e. The molecule has 4 nitrogen and oxygen atoms in total. The molecule has 102 valence electrons. The van der Waals surface area contributed by atoms with Gasteiger partial charge in [-0.25, -0.2) is 4.98 Å². The smallest absolute Gasteiger partial charge is 0.227 e. The highest BCUT2D eigenvalue weighted by molar-refractivity contribution is 5.93. The van der Waals surface area contributed by atoms with Crippen molar-refractivity contribution in [3.05, 3.63) is 43.0 Å². The summed E-state index contributed by atoms with van der Waals surface area (Å²) in [6.45, 7) is 0. The van der Waals surface area contributed by atoms with Crippen LogP contribution in [0.5, 0.6) is 0 Å².